The minimum absolute atomic E-state index is 0.000692. The first-order valence-corrected chi connectivity index (χ1v) is 11.9. The van der Waals surface area contributed by atoms with Gasteiger partial charge in [-0.1, -0.05) is 71.9 Å². The highest BCUT2D eigenvalue weighted by molar-refractivity contribution is 6.89. The molecule has 0 aliphatic carbocycles. The lowest BCUT2D eigenvalue weighted by atomic mass is 9.87. The molecule has 2 aromatic rings. The zero-order valence-electron chi connectivity index (χ0n) is 17.2. The van der Waals surface area contributed by atoms with Crippen molar-refractivity contribution < 1.29 is 4.43 Å². The number of hydrogen-bond acceptors (Lipinski definition) is 2. The van der Waals surface area contributed by atoms with Gasteiger partial charge in [0.05, 0.1) is 11.8 Å². The molecule has 0 spiro atoms. The summed E-state index contributed by atoms with van der Waals surface area (Å²) in [4.78, 5) is 4.68. The summed E-state index contributed by atoms with van der Waals surface area (Å²) < 4.78 is 7.30. The molecule has 0 radical (unpaired) electrons. The predicted molar refractivity (Wildman–Crippen MR) is 112 cm³/mol. The second-order valence-electron chi connectivity index (χ2n) is 9.71. The van der Waals surface area contributed by atoms with E-state index in [4.69, 9.17) is 4.43 Å². The van der Waals surface area contributed by atoms with Crippen molar-refractivity contribution in [1.29, 1.82) is 0 Å². The fraction of sp³-hybridized carbons (Fsp3) is 0.522. The van der Waals surface area contributed by atoms with Gasteiger partial charge in [-0.2, -0.15) is 0 Å². The number of hydrogen-bond donors (Lipinski definition) is 0. The summed E-state index contributed by atoms with van der Waals surface area (Å²) in [7, 11) is -2.20. The molecular formula is C23H33NOSi. The van der Waals surface area contributed by atoms with Crippen LogP contribution in [0.15, 0.2) is 48.7 Å². The van der Waals surface area contributed by atoms with Crippen molar-refractivity contribution in [2.24, 2.45) is 5.41 Å². The topological polar surface area (TPSA) is 22.1 Å². The molecule has 140 valence electrons. The second-order valence-corrected chi connectivity index (χ2v) is 14.1. The van der Waals surface area contributed by atoms with Gasteiger partial charge in [0.15, 0.2) is 0 Å². The molecular weight excluding hydrogens is 334 g/mol. The fourth-order valence-electron chi connectivity index (χ4n) is 4.29. The summed E-state index contributed by atoms with van der Waals surface area (Å²) in [5.41, 5.74) is 2.54. The van der Waals surface area contributed by atoms with E-state index in [-0.39, 0.29) is 16.6 Å². The van der Waals surface area contributed by atoms with E-state index in [1.54, 1.807) is 0 Å². The van der Waals surface area contributed by atoms with E-state index >= 15 is 0 Å². The van der Waals surface area contributed by atoms with Crippen LogP contribution in [0.2, 0.25) is 11.1 Å². The number of pyridine rings is 1. The molecule has 1 aromatic heterocycles. The maximum absolute atomic E-state index is 7.30. The van der Waals surface area contributed by atoms with Crippen molar-refractivity contribution >= 4 is 13.5 Å². The SMILES string of the molecule is CC(C)(C)[C@H](O[Si@]1(C(C)(C)C)CCCc2ccccc21)c1ccccn1. The Kier molecular flexibility index (Phi) is 5.15. The zero-order valence-corrected chi connectivity index (χ0v) is 18.2. The third kappa shape index (κ3) is 3.52. The third-order valence-electron chi connectivity index (χ3n) is 5.70. The smallest absolute Gasteiger partial charge is 0.230 e. The van der Waals surface area contributed by atoms with E-state index in [0.717, 1.165) is 5.69 Å². The number of nitrogens with zero attached hydrogens (tertiary/aromatic N) is 1. The van der Waals surface area contributed by atoms with Gasteiger partial charge in [0.2, 0.25) is 8.32 Å². The molecule has 1 aliphatic heterocycles. The van der Waals surface area contributed by atoms with E-state index in [0.29, 0.717) is 0 Å². The van der Waals surface area contributed by atoms with E-state index < -0.39 is 8.32 Å². The van der Waals surface area contributed by atoms with Crippen molar-refractivity contribution in [2.75, 3.05) is 0 Å². The van der Waals surface area contributed by atoms with Crippen molar-refractivity contribution in [3.05, 3.63) is 59.9 Å². The van der Waals surface area contributed by atoms with Crippen LogP contribution in [0.4, 0.5) is 0 Å². The molecule has 2 atom stereocenters. The zero-order chi connectivity index (χ0) is 19.0. The number of benzene rings is 1. The Balaban J connectivity index is 2.13. The van der Waals surface area contributed by atoms with Crippen LogP contribution in [0.1, 0.15) is 65.3 Å². The lowest BCUT2D eigenvalue weighted by Crippen LogP contribution is -2.61. The van der Waals surface area contributed by atoms with Crippen molar-refractivity contribution in [2.45, 2.75) is 71.6 Å². The van der Waals surface area contributed by atoms with Crippen molar-refractivity contribution in [3.63, 3.8) is 0 Å². The Labute approximate surface area is 160 Å². The van der Waals surface area contributed by atoms with Gasteiger partial charge in [0.1, 0.15) is 0 Å². The quantitative estimate of drug-likeness (QED) is 0.641. The average molecular weight is 368 g/mol. The van der Waals surface area contributed by atoms with Crippen LogP contribution in [0.3, 0.4) is 0 Å². The Hall–Kier alpha value is -1.45. The molecule has 0 fully saturated rings. The first-order valence-electron chi connectivity index (χ1n) is 9.82. The molecule has 0 saturated carbocycles. The predicted octanol–water partition coefficient (Wildman–Crippen LogP) is 5.78. The van der Waals surface area contributed by atoms with Gasteiger partial charge in [0, 0.05) is 6.20 Å². The molecule has 26 heavy (non-hydrogen) atoms. The first kappa shape index (κ1) is 19.3. The van der Waals surface area contributed by atoms with E-state index in [1.807, 2.05) is 12.3 Å². The molecule has 0 unspecified atom stereocenters. The summed E-state index contributed by atoms with van der Waals surface area (Å²) in [5, 5.41) is 1.63. The summed E-state index contributed by atoms with van der Waals surface area (Å²) in [6, 6.07) is 16.4. The summed E-state index contributed by atoms with van der Waals surface area (Å²) in [6.45, 7) is 13.9. The van der Waals surface area contributed by atoms with E-state index in [1.165, 1.54) is 29.6 Å². The Bertz CT molecular complexity index is 745. The molecule has 0 N–H and O–H groups in total. The third-order valence-corrected chi connectivity index (χ3v) is 11.2. The van der Waals surface area contributed by atoms with Crippen LogP contribution in [0, 0.1) is 5.41 Å². The molecule has 0 amide bonds. The Morgan fingerprint density at radius 1 is 0.962 bits per heavy atom. The largest absolute Gasteiger partial charge is 0.403 e. The molecule has 1 aliphatic rings. The van der Waals surface area contributed by atoms with Gasteiger partial charge in [0.25, 0.3) is 0 Å². The highest BCUT2D eigenvalue weighted by Crippen LogP contribution is 2.48. The first-order chi connectivity index (χ1) is 12.2. The van der Waals surface area contributed by atoms with Crippen LogP contribution in [0.5, 0.6) is 0 Å². The number of aromatic nitrogens is 1. The van der Waals surface area contributed by atoms with Gasteiger partial charge in [-0.15, -0.1) is 0 Å². The molecule has 3 heteroatoms. The van der Waals surface area contributed by atoms with Gasteiger partial charge in [-0.3, -0.25) is 4.98 Å². The minimum Gasteiger partial charge on any atom is -0.403 e. The number of aryl methyl sites for hydroxylation is 1. The van der Waals surface area contributed by atoms with Crippen molar-refractivity contribution in [3.8, 4) is 0 Å². The van der Waals surface area contributed by atoms with E-state index in [9.17, 15) is 0 Å². The fourth-order valence-corrected chi connectivity index (χ4v) is 9.36. The molecule has 1 aromatic carbocycles. The minimum atomic E-state index is -2.20. The van der Waals surface area contributed by atoms with Crippen LogP contribution in [-0.4, -0.2) is 13.3 Å². The lowest BCUT2D eigenvalue weighted by Gasteiger charge is -2.49. The standard InChI is InChI=1S/C23H33NOSi/c1-22(2,3)21(19-14-9-10-16-24-19)25-26(23(4,5)6)17-11-13-18-12-7-8-15-20(18)26/h7-10,12,14-16,21H,11,13,17H2,1-6H3/t21-,26-/m1/s1. The monoisotopic (exact) mass is 367 g/mol. The second kappa shape index (κ2) is 6.93. The van der Waals surface area contributed by atoms with Gasteiger partial charge in [-0.05, 0) is 52.2 Å². The van der Waals surface area contributed by atoms with Crippen LogP contribution >= 0.6 is 0 Å². The highest BCUT2D eigenvalue weighted by atomic mass is 28.4. The molecule has 2 heterocycles. The van der Waals surface area contributed by atoms with Crippen molar-refractivity contribution in [1.82, 2.24) is 4.98 Å². The highest BCUT2D eigenvalue weighted by Gasteiger charge is 2.53. The summed E-state index contributed by atoms with van der Waals surface area (Å²) in [5.74, 6) is 0. The Morgan fingerprint density at radius 3 is 2.27 bits per heavy atom. The van der Waals surface area contributed by atoms with Crippen LogP contribution in [0.25, 0.3) is 0 Å². The van der Waals surface area contributed by atoms with Gasteiger partial charge in [-0.25, -0.2) is 0 Å². The van der Waals surface area contributed by atoms with Gasteiger partial charge < -0.3 is 4.43 Å². The lowest BCUT2D eigenvalue weighted by molar-refractivity contribution is 0.0687. The number of fused-ring (bicyclic) bond motifs is 1. The molecule has 0 bridgehead atoms. The number of rotatable bonds is 3. The molecule has 0 saturated heterocycles. The molecule has 3 rings (SSSR count). The molecule has 2 nitrogen and oxygen atoms in total. The summed E-state index contributed by atoms with van der Waals surface area (Å²) >= 11 is 0. The van der Waals surface area contributed by atoms with Crippen LogP contribution in [-0.2, 0) is 10.8 Å². The van der Waals surface area contributed by atoms with Crippen LogP contribution < -0.4 is 5.19 Å². The van der Waals surface area contributed by atoms with Gasteiger partial charge >= 0.3 is 0 Å². The summed E-state index contributed by atoms with van der Waals surface area (Å²) in [6.07, 6.45) is 4.28. The maximum Gasteiger partial charge on any atom is 0.230 e. The average Bonchev–Trinajstić information content (AvgIpc) is 2.58. The van der Waals surface area contributed by atoms with E-state index in [2.05, 4.69) is 82.9 Å². The Morgan fingerprint density at radius 2 is 1.65 bits per heavy atom. The normalized spacial score (nSPS) is 21.9. The maximum atomic E-state index is 7.30.